The number of halogens is 1. The van der Waals surface area contributed by atoms with Gasteiger partial charge < -0.3 is 19.9 Å². The summed E-state index contributed by atoms with van der Waals surface area (Å²) in [7, 11) is 3.02. The minimum Gasteiger partial charge on any atom is -0.495 e. The molecule has 1 heterocycles. The van der Waals surface area contributed by atoms with Gasteiger partial charge in [0.15, 0.2) is 5.13 Å². The van der Waals surface area contributed by atoms with Crippen LogP contribution in [0.15, 0.2) is 12.1 Å². The highest BCUT2D eigenvalue weighted by Crippen LogP contribution is 2.38. The summed E-state index contributed by atoms with van der Waals surface area (Å²) < 4.78 is 10.4. The Hall–Kier alpha value is -1.99. The number of carboxylic acid groups (broad SMARTS) is 1. The molecule has 0 atom stereocenters. The number of ether oxygens (including phenoxy) is 2. The minimum atomic E-state index is -1.00. The van der Waals surface area contributed by atoms with Gasteiger partial charge in [-0.05, 0) is 6.92 Å². The number of aromatic nitrogens is 1. The van der Waals surface area contributed by atoms with Crippen molar-refractivity contribution in [3.63, 3.8) is 0 Å². The van der Waals surface area contributed by atoms with Crippen LogP contribution < -0.4 is 14.8 Å². The van der Waals surface area contributed by atoms with Gasteiger partial charge in [-0.2, -0.15) is 0 Å². The molecule has 0 saturated carbocycles. The van der Waals surface area contributed by atoms with Crippen molar-refractivity contribution in [2.24, 2.45) is 0 Å². The van der Waals surface area contributed by atoms with Crippen LogP contribution in [0.4, 0.5) is 10.8 Å². The Kier molecular flexibility index (Phi) is 4.54. The monoisotopic (exact) mass is 328 g/mol. The van der Waals surface area contributed by atoms with Crippen LogP contribution in [0.1, 0.15) is 15.4 Å². The van der Waals surface area contributed by atoms with Crippen molar-refractivity contribution in [1.82, 2.24) is 4.98 Å². The number of methoxy groups -OCH3 is 2. The highest BCUT2D eigenvalue weighted by atomic mass is 35.5. The Morgan fingerprint density at radius 1 is 1.33 bits per heavy atom. The maximum absolute atomic E-state index is 11.0. The van der Waals surface area contributed by atoms with Gasteiger partial charge in [0.1, 0.15) is 16.4 Å². The predicted octanol–water partition coefficient (Wildman–Crippen LogP) is 3.56. The Morgan fingerprint density at radius 2 is 2.00 bits per heavy atom. The number of aromatic carboxylic acids is 1. The van der Waals surface area contributed by atoms with Gasteiger partial charge in [0.05, 0.1) is 30.6 Å². The summed E-state index contributed by atoms with van der Waals surface area (Å²) in [5, 5.41) is 12.9. The molecule has 1 aromatic heterocycles. The molecule has 0 aliphatic rings. The lowest BCUT2D eigenvalue weighted by Gasteiger charge is -2.12. The second kappa shape index (κ2) is 6.19. The predicted molar refractivity (Wildman–Crippen MR) is 81.6 cm³/mol. The molecule has 0 bridgehead atoms. The standard InChI is InChI=1S/C13H13ClN2O4S/c1-6-11(12(17)18)21-13(15-6)16-8-5-9(19-2)7(14)4-10(8)20-3/h4-5H,1-3H3,(H,15,16)(H,17,18). The molecule has 0 aliphatic carbocycles. The van der Waals surface area contributed by atoms with E-state index in [1.165, 1.54) is 14.2 Å². The fraction of sp³-hybridized carbons (Fsp3) is 0.231. The minimum absolute atomic E-state index is 0.192. The molecule has 2 rings (SSSR count). The molecule has 0 amide bonds. The number of anilines is 2. The van der Waals surface area contributed by atoms with E-state index in [-0.39, 0.29) is 4.88 Å². The highest BCUT2D eigenvalue weighted by molar-refractivity contribution is 7.17. The van der Waals surface area contributed by atoms with Crippen molar-refractivity contribution in [3.8, 4) is 11.5 Å². The topological polar surface area (TPSA) is 80.7 Å². The quantitative estimate of drug-likeness (QED) is 0.873. The van der Waals surface area contributed by atoms with Gasteiger partial charge in [-0.15, -0.1) is 0 Å². The fourth-order valence-electron chi connectivity index (χ4n) is 1.72. The molecule has 0 saturated heterocycles. The van der Waals surface area contributed by atoms with Crippen LogP contribution in [0.25, 0.3) is 0 Å². The van der Waals surface area contributed by atoms with Gasteiger partial charge in [-0.1, -0.05) is 22.9 Å². The number of thiazole rings is 1. The van der Waals surface area contributed by atoms with Gasteiger partial charge in [-0.25, -0.2) is 9.78 Å². The first-order chi connectivity index (χ1) is 9.96. The van der Waals surface area contributed by atoms with Gasteiger partial charge >= 0.3 is 5.97 Å². The van der Waals surface area contributed by atoms with Crippen LogP contribution in [0.5, 0.6) is 11.5 Å². The third-order valence-electron chi connectivity index (χ3n) is 2.71. The van der Waals surface area contributed by atoms with E-state index in [0.717, 1.165) is 11.3 Å². The summed E-state index contributed by atoms with van der Waals surface area (Å²) in [5.41, 5.74) is 1.04. The van der Waals surface area contributed by atoms with Crippen molar-refractivity contribution in [3.05, 3.63) is 27.7 Å². The van der Waals surface area contributed by atoms with E-state index in [0.29, 0.717) is 33.0 Å². The molecule has 0 unspecified atom stereocenters. The Morgan fingerprint density at radius 3 is 2.52 bits per heavy atom. The van der Waals surface area contributed by atoms with Crippen molar-refractivity contribution in [1.29, 1.82) is 0 Å². The van der Waals surface area contributed by atoms with Crippen molar-refractivity contribution in [2.45, 2.75) is 6.92 Å². The van der Waals surface area contributed by atoms with E-state index >= 15 is 0 Å². The van der Waals surface area contributed by atoms with Crippen LogP contribution in [-0.2, 0) is 0 Å². The maximum atomic E-state index is 11.0. The van der Waals surface area contributed by atoms with E-state index in [2.05, 4.69) is 10.3 Å². The first-order valence-corrected chi connectivity index (χ1v) is 7.05. The second-order valence-corrected chi connectivity index (χ2v) is 5.46. The molecule has 112 valence electrons. The molecule has 8 heteroatoms. The number of aryl methyl sites for hydroxylation is 1. The summed E-state index contributed by atoms with van der Waals surface area (Å²) in [6.07, 6.45) is 0. The number of rotatable bonds is 5. The Balaban J connectivity index is 2.38. The van der Waals surface area contributed by atoms with Crippen molar-refractivity contribution < 1.29 is 19.4 Å². The molecule has 0 fully saturated rings. The number of carboxylic acids is 1. The third kappa shape index (κ3) is 3.20. The number of nitrogens with one attached hydrogen (secondary N) is 1. The lowest BCUT2D eigenvalue weighted by Crippen LogP contribution is -1.96. The SMILES string of the molecule is COc1cc(Nc2nc(C)c(C(=O)O)s2)c(OC)cc1Cl. The summed E-state index contributed by atoms with van der Waals surface area (Å²) in [6.45, 7) is 1.64. The lowest BCUT2D eigenvalue weighted by molar-refractivity contribution is 0.0701. The van der Waals surface area contributed by atoms with E-state index in [1.54, 1.807) is 19.1 Å². The van der Waals surface area contributed by atoms with Crippen LogP contribution in [0, 0.1) is 6.92 Å². The normalized spacial score (nSPS) is 10.3. The second-order valence-electron chi connectivity index (χ2n) is 4.05. The summed E-state index contributed by atoms with van der Waals surface area (Å²) in [6, 6.07) is 3.28. The Labute approximate surface area is 130 Å². The largest absolute Gasteiger partial charge is 0.495 e. The zero-order valence-electron chi connectivity index (χ0n) is 11.6. The zero-order chi connectivity index (χ0) is 15.6. The molecule has 0 spiro atoms. The average Bonchev–Trinajstić information content (AvgIpc) is 2.81. The molecule has 6 nitrogen and oxygen atoms in total. The molecule has 1 aromatic carbocycles. The van der Waals surface area contributed by atoms with E-state index in [1.807, 2.05) is 0 Å². The molecule has 2 aromatic rings. The first kappa shape index (κ1) is 15.4. The van der Waals surface area contributed by atoms with Gasteiger partial charge in [0.25, 0.3) is 0 Å². The smallest absolute Gasteiger partial charge is 0.347 e. The fourth-order valence-corrected chi connectivity index (χ4v) is 2.77. The van der Waals surface area contributed by atoms with Crippen molar-refractivity contribution >= 4 is 39.7 Å². The maximum Gasteiger partial charge on any atom is 0.347 e. The average molecular weight is 329 g/mol. The van der Waals surface area contributed by atoms with Gasteiger partial charge in [0, 0.05) is 12.1 Å². The number of benzene rings is 1. The van der Waals surface area contributed by atoms with Crippen molar-refractivity contribution in [2.75, 3.05) is 19.5 Å². The summed E-state index contributed by atoms with van der Waals surface area (Å²) in [5.74, 6) is -0.0177. The van der Waals surface area contributed by atoms with Crippen LogP contribution in [-0.4, -0.2) is 30.3 Å². The van der Waals surface area contributed by atoms with E-state index in [4.69, 9.17) is 26.2 Å². The molecule has 21 heavy (non-hydrogen) atoms. The summed E-state index contributed by atoms with van der Waals surface area (Å²) in [4.78, 5) is 15.4. The van der Waals surface area contributed by atoms with Crippen LogP contribution in [0.2, 0.25) is 5.02 Å². The Bertz CT molecular complexity index is 687. The molecule has 0 radical (unpaired) electrons. The van der Waals surface area contributed by atoms with E-state index < -0.39 is 5.97 Å². The number of hydrogen-bond donors (Lipinski definition) is 2. The van der Waals surface area contributed by atoms with Gasteiger partial charge in [-0.3, -0.25) is 0 Å². The van der Waals surface area contributed by atoms with Crippen LogP contribution in [0.3, 0.4) is 0 Å². The number of carbonyl (C=O) groups is 1. The van der Waals surface area contributed by atoms with Gasteiger partial charge in [0.2, 0.25) is 0 Å². The van der Waals surface area contributed by atoms with Crippen LogP contribution >= 0.6 is 22.9 Å². The number of nitrogens with zero attached hydrogens (tertiary/aromatic N) is 1. The molecular weight excluding hydrogens is 316 g/mol. The molecular formula is C13H13ClN2O4S. The first-order valence-electron chi connectivity index (χ1n) is 5.85. The van der Waals surface area contributed by atoms with E-state index in [9.17, 15) is 4.79 Å². The molecule has 0 aliphatic heterocycles. The number of hydrogen-bond acceptors (Lipinski definition) is 6. The highest BCUT2D eigenvalue weighted by Gasteiger charge is 2.16. The lowest BCUT2D eigenvalue weighted by atomic mass is 10.2. The molecule has 2 N–H and O–H groups in total. The summed E-state index contributed by atoms with van der Waals surface area (Å²) >= 11 is 7.08. The third-order valence-corrected chi connectivity index (χ3v) is 4.06. The zero-order valence-corrected chi connectivity index (χ0v) is 13.1.